The summed E-state index contributed by atoms with van der Waals surface area (Å²) in [5.41, 5.74) is 2.07. The molecule has 1 aliphatic rings. The average molecular weight is 247 g/mol. The molecule has 96 valence electrons. The fourth-order valence-electron chi connectivity index (χ4n) is 2.16. The molecule has 0 aliphatic carbocycles. The first kappa shape index (κ1) is 12.5. The average Bonchev–Trinajstić information content (AvgIpc) is 2.37. The number of hydrogen-bond acceptors (Lipinski definition) is 3. The Morgan fingerprint density at radius 1 is 1.50 bits per heavy atom. The molecule has 1 saturated heterocycles. The largest absolute Gasteiger partial charge is 0.345 e. The van der Waals surface area contributed by atoms with Crippen LogP contribution in [0.2, 0.25) is 0 Å². The number of aryl methyl sites for hydroxylation is 1. The predicted octanol–water partition coefficient (Wildman–Crippen LogP) is 0.627. The van der Waals surface area contributed by atoms with E-state index in [0.717, 1.165) is 11.1 Å². The molecule has 1 unspecified atom stereocenters. The molecule has 2 amide bonds. The molecule has 0 aromatic carbocycles. The van der Waals surface area contributed by atoms with Gasteiger partial charge in [-0.1, -0.05) is 6.92 Å². The Labute approximate surface area is 106 Å². The van der Waals surface area contributed by atoms with Crippen molar-refractivity contribution in [3.63, 3.8) is 0 Å². The maximum Gasteiger partial charge on any atom is 0.243 e. The molecule has 2 heterocycles. The molecule has 1 atom stereocenters. The lowest BCUT2D eigenvalue weighted by Crippen LogP contribution is -2.57. The van der Waals surface area contributed by atoms with Crippen LogP contribution in [0.5, 0.6) is 0 Å². The van der Waals surface area contributed by atoms with Gasteiger partial charge in [-0.15, -0.1) is 0 Å². The number of carbonyl (C=O) groups excluding carboxylic acids is 2. The van der Waals surface area contributed by atoms with Gasteiger partial charge in [0, 0.05) is 18.9 Å². The highest BCUT2D eigenvalue weighted by molar-refractivity contribution is 5.94. The summed E-state index contributed by atoms with van der Waals surface area (Å²) < 4.78 is 0. The van der Waals surface area contributed by atoms with E-state index in [1.54, 1.807) is 17.3 Å². The summed E-state index contributed by atoms with van der Waals surface area (Å²) in [5.74, 6) is -0.0959. The van der Waals surface area contributed by atoms with Gasteiger partial charge in [-0.05, 0) is 30.5 Å². The zero-order valence-corrected chi connectivity index (χ0v) is 10.6. The Kier molecular flexibility index (Phi) is 3.60. The van der Waals surface area contributed by atoms with Crippen molar-refractivity contribution >= 4 is 11.8 Å². The molecule has 0 bridgehead atoms. The van der Waals surface area contributed by atoms with Crippen LogP contribution >= 0.6 is 0 Å². The number of nitrogens with zero attached hydrogens (tertiary/aromatic N) is 2. The summed E-state index contributed by atoms with van der Waals surface area (Å²) in [6.45, 7) is 4.44. The van der Waals surface area contributed by atoms with Crippen molar-refractivity contribution < 1.29 is 9.59 Å². The topological polar surface area (TPSA) is 62.3 Å². The van der Waals surface area contributed by atoms with E-state index in [1.165, 1.54) is 0 Å². The quantitative estimate of drug-likeness (QED) is 0.852. The highest BCUT2D eigenvalue weighted by atomic mass is 16.2. The van der Waals surface area contributed by atoms with Gasteiger partial charge in [0.1, 0.15) is 6.04 Å². The van der Waals surface area contributed by atoms with E-state index in [9.17, 15) is 9.59 Å². The third-order valence-corrected chi connectivity index (χ3v) is 3.28. The van der Waals surface area contributed by atoms with Crippen LogP contribution in [0.25, 0.3) is 0 Å². The van der Waals surface area contributed by atoms with Crippen molar-refractivity contribution in [2.75, 3.05) is 6.54 Å². The van der Waals surface area contributed by atoms with Crippen LogP contribution in [0.4, 0.5) is 0 Å². The summed E-state index contributed by atoms with van der Waals surface area (Å²) in [6.07, 6.45) is 4.10. The summed E-state index contributed by atoms with van der Waals surface area (Å²) in [5, 5.41) is 2.62. The van der Waals surface area contributed by atoms with E-state index in [2.05, 4.69) is 10.3 Å². The normalized spacial score (nSPS) is 19.9. The Morgan fingerprint density at radius 3 is 2.94 bits per heavy atom. The number of aromatic nitrogens is 1. The monoisotopic (exact) mass is 247 g/mol. The van der Waals surface area contributed by atoms with Gasteiger partial charge in [0.25, 0.3) is 0 Å². The zero-order chi connectivity index (χ0) is 13.1. The van der Waals surface area contributed by atoms with E-state index in [4.69, 9.17) is 0 Å². The molecule has 0 spiro atoms. The van der Waals surface area contributed by atoms with Gasteiger partial charge in [-0.2, -0.15) is 0 Å². The standard InChI is InChI=1S/C13H17N3O2/c1-3-11-13(18)15-7-12(17)16(11)8-10-4-5-14-6-9(10)2/h4-6,11H,3,7-8H2,1-2H3,(H,15,18). The molecule has 1 aromatic rings. The SMILES string of the molecule is CCC1C(=O)NCC(=O)N1Cc1ccncc1C. The van der Waals surface area contributed by atoms with Gasteiger partial charge in [-0.3, -0.25) is 14.6 Å². The highest BCUT2D eigenvalue weighted by Gasteiger charge is 2.33. The number of carbonyl (C=O) groups is 2. The van der Waals surface area contributed by atoms with Gasteiger partial charge >= 0.3 is 0 Å². The number of amides is 2. The van der Waals surface area contributed by atoms with E-state index in [0.29, 0.717) is 13.0 Å². The lowest BCUT2D eigenvalue weighted by atomic mass is 10.1. The second-order valence-electron chi connectivity index (χ2n) is 4.47. The molecule has 2 rings (SSSR count). The molecular formula is C13H17N3O2. The Bertz CT molecular complexity index is 473. The van der Waals surface area contributed by atoms with Crippen LogP contribution in [0, 0.1) is 6.92 Å². The minimum absolute atomic E-state index is 0.0299. The molecular weight excluding hydrogens is 230 g/mol. The number of rotatable bonds is 3. The second-order valence-corrected chi connectivity index (χ2v) is 4.47. The molecule has 1 N–H and O–H groups in total. The molecule has 1 fully saturated rings. The molecule has 0 saturated carbocycles. The second kappa shape index (κ2) is 5.16. The summed E-state index contributed by atoms with van der Waals surface area (Å²) in [7, 11) is 0. The van der Waals surface area contributed by atoms with Crippen molar-refractivity contribution in [1.82, 2.24) is 15.2 Å². The first-order chi connectivity index (χ1) is 8.63. The van der Waals surface area contributed by atoms with E-state index in [-0.39, 0.29) is 24.4 Å². The van der Waals surface area contributed by atoms with Crippen LogP contribution in [-0.2, 0) is 16.1 Å². The highest BCUT2D eigenvalue weighted by Crippen LogP contribution is 2.16. The van der Waals surface area contributed by atoms with E-state index < -0.39 is 0 Å². The number of hydrogen-bond donors (Lipinski definition) is 1. The minimum atomic E-state index is -0.362. The van der Waals surface area contributed by atoms with Crippen LogP contribution < -0.4 is 5.32 Å². The molecule has 1 aliphatic heterocycles. The fourth-order valence-corrected chi connectivity index (χ4v) is 2.16. The summed E-state index contributed by atoms with van der Waals surface area (Å²) >= 11 is 0. The first-order valence-corrected chi connectivity index (χ1v) is 6.10. The van der Waals surface area contributed by atoms with Gasteiger partial charge in [0.05, 0.1) is 6.54 Å². The predicted molar refractivity (Wildman–Crippen MR) is 66.6 cm³/mol. The van der Waals surface area contributed by atoms with Crippen LogP contribution in [-0.4, -0.2) is 34.3 Å². The minimum Gasteiger partial charge on any atom is -0.345 e. The van der Waals surface area contributed by atoms with Crippen molar-refractivity contribution in [1.29, 1.82) is 0 Å². The smallest absolute Gasteiger partial charge is 0.243 e. The molecule has 0 radical (unpaired) electrons. The van der Waals surface area contributed by atoms with Crippen molar-refractivity contribution in [3.05, 3.63) is 29.6 Å². The van der Waals surface area contributed by atoms with Crippen molar-refractivity contribution in [3.8, 4) is 0 Å². The number of piperazine rings is 1. The summed E-state index contributed by atoms with van der Waals surface area (Å²) in [4.78, 5) is 29.3. The molecule has 18 heavy (non-hydrogen) atoms. The van der Waals surface area contributed by atoms with Crippen LogP contribution in [0.1, 0.15) is 24.5 Å². The van der Waals surface area contributed by atoms with Gasteiger partial charge in [0.15, 0.2) is 0 Å². The van der Waals surface area contributed by atoms with Gasteiger partial charge in [0.2, 0.25) is 11.8 Å². The first-order valence-electron chi connectivity index (χ1n) is 6.10. The third-order valence-electron chi connectivity index (χ3n) is 3.28. The Hall–Kier alpha value is -1.91. The van der Waals surface area contributed by atoms with E-state index >= 15 is 0 Å². The van der Waals surface area contributed by atoms with Gasteiger partial charge in [-0.25, -0.2) is 0 Å². The van der Waals surface area contributed by atoms with E-state index in [1.807, 2.05) is 19.9 Å². The number of pyridine rings is 1. The third kappa shape index (κ3) is 2.34. The lowest BCUT2D eigenvalue weighted by Gasteiger charge is -2.34. The summed E-state index contributed by atoms with van der Waals surface area (Å²) in [6, 6.07) is 1.53. The van der Waals surface area contributed by atoms with Crippen molar-refractivity contribution in [2.45, 2.75) is 32.9 Å². The number of nitrogens with one attached hydrogen (secondary N) is 1. The van der Waals surface area contributed by atoms with Gasteiger partial charge < -0.3 is 10.2 Å². The molecule has 5 nitrogen and oxygen atoms in total. The fraction of sp³-hybridized carbons (Fsp3) is 0.462. The molecule has 1 aromatic heterocycles. The lowest BCUT2D eigenvalue weighted by molar-refractivity contribution is -0.146. The zero-order valence-electron chi connectivity index (χ0n) is 10.6. The van der Waals surface area contributed by atoms with Crippen LogP contribution in [0.3, 0.4) is 0 Å². The van der Waals surface area contributed by atoms with Crippen molar-refractivity contribution in [2.24, 2.45) is 0 Å². The Balaban J connectivity index is 2.22. The maximum atomic E-state index is 11.9. The molecule has 5 heteroatoms. The Morgan fingerprint density at radius 2 is 2.28 bits per heavy atom. The maximum absolute atomic E-state index is 11.9. The van der Waals surface area contributed by atoms with Crippen LogP contribution in [0.15, 0.2) is 18.5 Å².